The fourth-order valence-electron chi connectivity index (χ4n) is 2.80. The monoisotopic (exact) mass is 323 g/mol. The summed E-state index contributed by atoms with van der Waals surface area (Å²) >= 11 is 0. The summed E-state index contributed by atoms with van der Waals surface area (Å²) in [5, 5.41) is 0.615. The topological polar surface area (TPSA) is 47.4 Å². The number of para-hydroxylation sites is 1. The van der Waals surface area contributed by atoms with Gasteiger partial charge in [0.1, 0.15) is 5.75 Å². The average Bonchev–Trinajstić information content (AvgIpc) is 2.63. The van der Waals surface area contributed by atoms with Gasteiger partial charge in [-0.2, -0.15) is 0 Å². The van der Waals surface area contributed by atoms with Crippen LogP contribution in [0.15, 0.2) is 53.3 Å². The molecule has 5 nitrogen and oxygen atoms in total. The molecule has 2 aromatic carbocycles. The molecule has 3 rings (SSSR count). The van der Waals surface area contributed by atoms with Gasteiger partial charge in [0.05, 0.1) is 23.7 Å². The van der Waals surface area contributed by atoms with Crippen molar-refractivity contribution in [2.24, 2.45) is 0 Å². The van der Waals surface area contributed by atoms with Crippen LogP contribution in [-0.4, -0.2) is 29.8 Å². The summed E-state index contributed by atoms with van der Waals surface area (Å²) in [5.74, 6) is 1.42. The molecule has 0 radical (unpaired) electrons. The first kappa shape index (κ1) is 16.1. The molecule has 1 heterocycles. The molecule has 3 aromatic rings. The SMILES string of the molecule is CCN(CC)c1nc2ccccc2c(=O)n1-c1ccc(OC)cc1. The van der Waals surface area contributed by atoms with Crippen LogP contribution in [0.3, 0.4) is 0 Å². The van der Waals surface area contributed by atoms with Crippen LogP contribution >= 0.6 is 0 Å². The highest BCUT2D eigenvalue weighted by atomic mass is 16.5. The zero-order valence-corrected chi connectivity index (χ0v) is 14.2. The summed E-state index contributed by atoms with van der Waals surface area (Å²) in [5.41, 5.74) is 1.43. The number of rotatable bonds is 5. The third-order valence-electron chi connectivity index (χ3n) is 4.13. The van der Waals surface area contributed by atoms with E-state index in [-0.39, 0.29) is 5.56 Å². The lowest BCUT2D eigenvalue weighted by atomic mass is 10.2. The molecule has 124 valence electrons. The molecule has 0 fully saturated rings. The molecule has 1 aromatic heterocycles. The van der Waals surface area contributed by atoms with E-state index in [1.807, 2.05) is 48.5 Å². The molecule has 24 heavy (non-hydrogen) atoms. The smallest absolute Gasteiger partial charge is 0.267 e. The van der Waals surface area contributed by atoms with Crippen molar-refractivity contribution in [2.45, 2.75) is 13.8 Å². The molecule has 0 atom stereocenters. The average molecular weight is 323 g/mol. The van der Waals surface area contributed by atoms with Gasteiger partial charge in [-0.15, -0.1) is 0 Å². The number of nitrogens with zero attached hydrogens (tertiary/aromatic N) is 3. The van der Waals surface area contributed by atoms with Crippen molar-refractivity contribution >= 4 is 16.9 Å². The van der Waals surface area contributed by atoms with Gasteiger partial charge in [0, 0.05) is 13.1 Å². The van der Waals surface area contributed by atoms with Gasteiger partial charge in [-0.05, 0) is 50.2 Å². The fraction of sp³-hybridized carbons (Fsp3) is 0.263. The molecule has 0 unspecified atom stereocenters. The summed E-state index contributed by atoms with van der Waals surface area (Å²) < 4.78 is 6.89. The molecule has 0 aliphatic rings. The second-order valence-electron chi connectivity index (χ2n) is 5.44. The van der Waals surface area contributed by atoms with Crippen molar-refractivity contribution in [3.8, 4) is 11.4 Å². The van der Waals surface area contributed by atoms with E-state index in [0.29, 0.717) is 16.9 Å². The van der Waals surface area contributed by atoms with Crippen LogP contribution in [0.4, 0.5) is 5.95 Å². The Balaban J connectivity index is 2.31. The first-order valence-electron chi connectivity index (χ1n) is 8.10. The first-order valence-corrected chi connectivity index (χ1v) is 8.10. The van der Waals surface area contributed by atoms with Crippen molar-refractivity contribution in [3.63, 3.8) is 0 Å². The van der Waals surface area contributed by atoms with Gasteiger partial charge >= 0.3 is 0 Å². The zero-order valence-electron chi connectivity index (χ0n) is 14.2. The van der Waals surface area contributed by atoms with Gasteiger partial charge < -0.3 is 9.64 Å². The second-order valence-corrected chi connectivity index (χ2v) is 5.44. The Kier molecular flexibility index (Phi) is 4.51. The van der Waals surface area contributed by atoms with E-state index in [1.165, 1.54) is 0 Å². The van der Waals surface area contributed by atoms with Crippen LogP contribution in [0, 0.1) is 0 Å². The minimum atomic E-state index is -0.0623. The van der Waals surface area contributed by atoms with Gasteiger partial charge in [-0.25, -0.2) is 9.55 Å². The number of benzene rings is 2. The van der Waals surface area contributed by atoms with Crippen LogP contribution in [0.2, 0.25) is 0 Å². The maximum absolute atomic E-state index is 13.1. The normalized spacial score (nSPS) is 10.8. The molecule has 0 aliphatic heterocycles. The summed E-state index contributed by atoms with van der Waals surface area (Å²) in [6.07, 6.45) is 0. The molecule has 0 aliphatic carbocycles. The maximum Gasteiger partial charge on any atom is 0.267 e. The number of methoxy groups -OCH3 is 1. The number of anilines is 1. The quantitative estimate of drug-likeness (QED) is 0.723. The van der Waals surface area contributed by atoms with E-state index >= 15 is 0 Å². The van der Waals surface area contributed by atoms with Crippen molar-refractivity contribution in [1.82, 2.24) is 9.55 Å². The van der Waals surface area contributed by atoms with Gasteiger partial charge in [0.2, 0.25) is 5.95 Å². The Morgan fingerprint density at radius 2 is 1.71 bits per heavy atom. The zero-order chi connectivity index (χ0) is 17.1. The Hall–Kier alpha value is -2.82. The molecular weight excluding hydrogens is 302 g/mol. The Labute approximate surface area is 141 Å². The minimum absolute atomic E-state index is 0.0623. The van der Waals surface area contributed by atoms with E-state index in [9.17, 15) is 4.79 Å². The molecule has 0 spiro atoms. The van der Waals surface area contributed by atoms with Crippen LogP contribution < -0.4 is 15.2 Å². The number of ether oxygens (including phenoxy) is 1. The maximum atomic E-state index is 13.1. The molecule has 0 saturated carbocycles. The highest BCUT2D eigenvalue weighted by Crippen LogP contribution is 2.21. The Bertz CT molecular complexity index is 897. The number of fused-ring (bicyclic) bond motifs is 1. The van der Waals surface area contributed by atoms with E-state index in [0.717, 1.165) is 24.5 Å². The van der Waals surface area contributed by atoms with Crippen molar-refractivity contribution in [3.05, 3.63) is 58.9 Å². The number of aromatic nitrogens is 2. The van der Waals surface area contributed by atoms with Crippen LogP contribution in [-0.2, 0) is 0 Å². The van der Waals surface area contributed by atoms with Crippen molar-refractivity contribution in [2.75, 3.05) is 25.1 Å². The first-order chi connectivity index (χ1) is 11.7. The van der Waals surface area contributed by atoms with Crippen LogP contribution in [0.5, 0.6) is 5.75 Å². The Morgan fingerprint density at radius 1 is 1.04 bits per heavy atom. The third kappa shape index (κ3) is 2.73. The molecular formula is C19H21N3O2. The lowest BCUT2D eigenvalue weighted by molar-refractivity contribution is 0.414. The van der Waals surface area contributed by atoms with E-state index in [1.54, 1.807) is 11.7 Å². The summed E-state index contributed by atoms with van der Waals surface area (Å²) in [4.78, 5) is 19.9. The number of hydrogen-bond acceptors (Lipinski definition) is 4. The molecule has 0 saturated heterocycles. The largest absolute Gasteiger partial charge is 0.497 e. The molecule has 0 N–H and O–H groups in total. The molecule has 0 bridgehead atoms. The third-order valence-corrected chi connectivity index (χ3v) is 4.13. The predicted molar refractivity (Wildman–Crippen MR) is 97.5 cm³/mol. The van der Waals surface area contributed by atoms with E-state index in [2.05, 4.69) is 18.7 Å². The Morgan fingerprint density at radius 3 is 2.33 bits per heavy atom. The fourth-order valence-corrected chi connectivity index (χ4v) is 2.80. The molecule has 5 heteroatoms. The van der Waals surface area contributed by atoms with E-state index in [4.69, 9.17) is 9.72 Å². The summed E-state index contributed by atoms with van der Waals surface area (Å²) in [6, 6.07) is 14.9. The lowest BCUT2D eigenvalue weighted by Crippen LogP contribution is -2.32. The van der Waals surface area contributed by atoms with Gasteiger partial charge in [-0.3, -0.25) is 4.79 Å². The van der Waals surface area contributed by atoms with Crippen molar-refractivity contribution in [1.29, 1.82) is 0 Å². The van der Waals surface area contributed by atoms with Crippen LogP contribution in [0.1, 0.15) is 13.8 Å². The predicted octanol–water partition coefficient (Wildman–Crippen LogP) is 3.24. The second kappa shape index (κ2) is 6.74. The molecule has 0 amide bonds. The minimum Gasteiger partial charge on any atom is -0.497 e. The van der Waals surface area contributed by atoms with Crippen molar-refractivity contribution < 1.29 is 4.74 Å². The standard InChI is InChI=1S/C19H21N3O2/c1-4-21(5-2)19-20-17-9-7-6-8-16(17)18(23)22(19)14-10-12-15(24-3)13-11-14/h6-13H,4-5H2,1-3H3. The lowest BCUT2D eigenvalue weighted by Gasteiger charge is -2.24. The van der Waals surface area contributed by atoms with E-state index < -0.39 is 0 Å². The van der Waals surface area contributed by atoms with Gasteiger partial charge in [0.25, 0.3) is 5.56 Å². The summed E-state index contributed by atoms with van der Waals surface area (Å²) in [7, 11) is 1.63. The summed E-state index contributed by atoms with van der Waals surface area (Å²) in [6.45, 7) is 5.67. The highest BCUT2D eigenvalue weighted by molar-refractivity contribution is 5.79. The number of hydrogen-bond donors (Lipinski definition) is 0. The highest BCUT2D eigenvalue weighted by Gasteiger charge is 2.16. The van der Waals surface area contributed by atoms with Crippen LogP contribution in [0.25, 0.3) is 16.6 Å². The van der Waals surface area contributed by atoms with Gasteiger partial charge in [0.15, 0.2) is 0 Å². The van der Waals surface area contributed by atoms with Gasteiger partial charge in [-0.1, -0.05) is 12.1 Å².